The van der Waals surface area contributed by atoms with Crippen molar-refractivity contribution in [1.82, 2.24) is 9.80 Å². The fraction of sp³-hybridized carbons (Fsp3) is 0.462. The lowest BCUT2D eigenvalue weighted by molar-refractivity contribution is 0.138. The van der Waals surface area contributed by atoms with Gasteiger partial charge in [0.2, 0.25) is 0 Å². The number of rotatable bonds is 3. The van der Waals surface area contributed by atoms with E-state index in [4.69, 9.17) is 16.9 Å². The van der Waals surface area contributed by atoms with E-state index in [1.165, 1.54) is 5.56 Å². The van der Waals surface area contributed by atoms with Gasteiger partial charge in [0.05, 0.1) is 12.6 Å². The van der Waals surface area contributed by atoms with Gasteiger partial charge in [0.15, 0.2) is 0 Å². The van der Waals surface area contributed by atoms with Crippen molar-refractivity contribution in [3.05, 3.63) is 34.9 Å². The SMILES string of the molecule is N#CCN1CCN(Cc2ccc(Cl)cc2)CC1. The van der Waals surface area contributed by atoms with Crippen molar-refractivity contribution in [3.63, 3.8) is 0 Å². The highest BCUT2D eigenvalue weighted by Crippen LogP contribution is 2.12. The monoisotopic (exact) mass is 249 g/mol. The molecule has 1 aliphatic heterocycles. The van der Waals surface area contributed by atoms with Gasteiger partial charge in [0.1, 0.15) is 0 Å². The quantitative estimate of drug-likeness (QED) is 0.768. The average molecular weight is 250 g/mol. The Labute approximate surface area is 107 Å². The molecule has 0 amide bonds. The molecule has 0 radical (unpaired) electrons. The lowest BCUT2D eigenvalue weighted by Gasteiger charge is -2.33. The second-order valence-corrected chi connectivity index (χ2v) is 4.77. The normalized spacial score (nSPS) is 17.9. The van der Waals surface area contributed by atoms with Crippen molar-refractivity contribution < 1.29 is 0 Å². The van der Waals surface area contributed by atoms with Gasteiger partial charge < -0.3 is 0 Å². The minimum atomic E-state index is 0.550. The topological polar surface area (TPSA) is 30.3 Å². The molecule has 1 aromatic rings. The summed E-state index contributed by atoms with van der Waals surface area (Å²) < 4.78 is 0. The summed E-state index contributed by atoms with van der Waals surface area (Å²) in [5.41, 5.74) is 1.29. The number of nitrogens with zero attached hydrogens (tertiary/aromatic N) is 3. The maximum atomic E-state index is 8.63. The van der Waals surface area contributed by atoms with Gasteiger partial charge in [-0.05, 0) is 17.7 Å². The maximum absolute atomic E-state index is 8.63. The van der Waals surface area contributed by atoms with E-state index in [9.17, 15) is 0 Å². The molecule has 0 aromatic heterocycles. The summed E-state index contributed by atoms with van der Waals surface area (Å²) in [7, 11) is 0. The van der Waals surface area contributed by atoms with E-state index in [-0.39, 0.29) is 0 Å². The van der Waals surface area contributed by atoms with E-state index < -0.39 is 0 Å². The molecule has 1 saturated heterocycles. The molecule has 17 heavy (non-hydrogen) atoms. The number of halogens is 1. The van der Waals surface area contributed by atoms with E-state index in [0.29, 0.717) is 6.54 Å². The van der Waals surface area contributed by atoms with Crippen molar-refractivity contribution >= 4 is 11.6 Å². The summed E-state index contributed by atoms with van der Waals surface area (Å²) in [5, 5.41) is 9.41. The maximum Gasteiger partial charge on any atom is 0.0866 e. The first-order valence-corrected chi connectivity index (χ1v) is 6.22. The van der Waals surface area contributed by atoms with Crippen LogP contribution >= 0.6 is 11.6 Å². The van der Waals surface area contributed by atoms with E-state index in [1.807, 2.05) is 12.1 Å². The average Bonchev–Trinajstić information content (AvgIpc) is 2.35. The molecule has 0 aliphatic carbocycles. The van der Waals surface area contributed by atoms with E-state index in [0.717, 1.165) is 37.7 Å². The van der Waals surface area contributed by atoms with Gasteiger partial charge in [-0.2, -0.15) is 5.26 Å². The summed E-state index contributed by atoms with van der Waals surface area (Å²) in [6.45, 7) is 5.56. The molecule has 0 N–H and O–H groups in total. The van der Waals surface area contributed by atoms with Gasteiger partial charge in [-0.1, -0.05) is 23.7 Å². The minimum absolute atomic E-state index is 0.550. The highest BCUT2D eigenvalue weighted by molar-refractivity contribution is 6.30. The zero-order chi connectivity index (χ0) is 12.1. The van der Waals surface area contributed by atoms with Crippen molar-refractivity contribution in [2.45, 2.75) is 6.54 Å². The van der Waals surface area contributed by atoms with Gasteiger partial charge in [-0.25, -0.2) is 0 Å². The molecule has 90 valence electrons. The molecule has 1 fully saturated rings. The Morgan fingerprint density at radius 1 is 1.06 bits per heavy atom. The lowest BCUT2D eigenvalue weighted by atomic mass is 10.2. The molecule has 0 atom stereocenters. The van der Waals surface area contributed by atoms with Crippen LogP contribution in [-0.4, -0.2) is 42.5 Å². The molecular formula is C13H16ClN3. The molecule has 1 heterocycles. The van der Waals surface area contributed by atoms with Crippen LogP contribution in [0.15, 0.2) is 24.3 Å². The third-order valence-electron chi connectivity index (χ3n) is 3.08. The molecule has 0 bridgehead atoms. The van der Waals surface area contributed by atoms with Crippen LogP contribution < -0.4 is 0 Å². The predicted molar refractivity (Wildman–Crippen MR) is 68.8 cm³/mol. The van der Waals surface area contributed by atoms with E-state index in [2.05, 4.69) is 28.0 Å². The van der Waals surface area contributed by atoms with E-state index >= 15 is 0 Å². The predicted octanol–water partition coefficient (Wildman–Crippen LogP) is 1.98. The summed E-state index contributed by atoms with van der Waals surface area (Å²) in [5.74, 6) is 0. The Hall–Kier alpha value is -1.08. The standard InChI is InChI=1S/C13H16ClN3/c14-13-3-1-12(2-4-13)11-17-9-7-16(6-5-15)8-10-17/h1-4H,6-11H2. The highest BCUT2D eigenvalue weighted by Gasteiger charge is 2.16. The highest BCUT2D eigenvalue weighted by atomic mass is 35.5. The Balaban J connectivity index is 1.82. The number of hydrogen-bond donors (Lipinski definition) is 0. The Morgan fingerprint density at radius 3 is 2.24 bits per heavy atom. The second-order valence-electron chi connectivity index (χ2n) is 4.34. The molecular weight excluding hydrogens is 234 g/mol. The van der Waals surface area contributed by atoms with Crippen molar-refractivity contribution in [3.8, 4) is 6.07 Å². The Kier molecular flexibility index (Phi) is 4.38. The summed E-state index contributed by atoms with van der Waals surface area (Å²) in [6.07, 6.45) is 0. The van der Waals surface area contributed by atoms with E-state index in [1.54, 1.807) is 0 Å². The van der Waals surface area contributed by atoms with Gasteiger partial charge in [-0.3, -0.25) is 9.80 Å². The molecule has 1 aliphatic rings. The van der Waals surface area contributed by atoms with Crippen molar-refractivity contribution in [2.24, 2.45) is 0 Å². The Bertz CT molecular complexity index is 388. The molecule has 4 heteroatoms. The van der Waals surface area contributed by atoms with Crippen LogP contribution in [0.2, 0.25) is 5.02 Å². The largest absolute Gasteiger partial charge is 0.297 e. The molecule has 2 rings (SSSR count). The molecule has 0 unspecified atom stereocenters. The van der Waals surface area contributed by atoms with Crippen LogP contribution in [0.5, 0.6) is 0 Å². The van der Waals surface area contributed by atoms with Gasteiger partial charge in [0.25, 0.3) is 0 Å². The van der Waals surface area contributed by atoms with Crippen LogP contribution in [0.1, 0.15) is 5.56 Å². The van der Waals surface area contributed by atoms with Gasteiger partial charge in [0, 0.05) is 37.7 Å². The minimum Gasteiger partial charge on any atom is -0.297 e. The van der Waals surface area contributed by atoms with Crippen LogP contribution in [0.4, 0.5) is 0 Å². The first-order chi connectivity index (χ1) is 8.28. The fourth-order valence-corrected chi connectivity index (χ4v) is 2.18. The fourth-order valence-electron chi connectivity index (χ4n) is 2.05. The third-order valence-corrected chi connectivity index (χ3v) is 3.33. The number of benzene rings is 1. The molecule has 0 saturated carbocycles. The van der Waals surface area contributed by atoms with Crippen LogP contribution in [-0.2, 0) is 6.54 Å². The first kappa shape index (κ1) is 12.4. The molecule has 0 spiro atoms. The first-order valence-electron chi connectivity index (χ1n) is 5.84. The summed E-state index contributed by atoms with van der Waals surface area (Å²) in [4.78, 5) is 4.61. The lowest BCUT2D eigenvalue weighted by Crippen LogP contribution is -2.45. The smallest absolute Gasteiger partial charge is 0.0866 e. The molecule has 3 nitrogen and oxygen atoms in total. The van der Waals surface area contributed by atoms with Crippen LogP contribution in [0.25, 0.3) is 0 Å². The van der Waals surface area contributed by atoms with Crippen LogP contribution in [0.3, 0.4) is 0 Å². The summed E-state index contributed by atoms with van der Waals surface area (Å²) in [6, 6.07) is 10.2. The van der Waals surface area contributed by atoms with Crippen LogP contribution in [0, 0.1) is 11.3 Å². The number of nitriles is 1. The van der Waals surface area contributed by atoms with Crippen molar-refractivity contribution in [1.29, 1.82) is 5.26 Å². The summed E-state index contributed by atoms with van der Waals surface area (Å²) >= 11 is 5.86. The number of hydrogen-bond acceptors (Lipinski definition) is 3. The van der Waals surface area contributed by atoms with Gasteiger partial charge in [-0.15, -0.1) is 0 Å². The third kappa shape index (κ3) is 3.71. The second kappa shape index (κ2) is 6.02. The Morgan fingerprint density at radius 2 is 1.65 bits per heavy atom. The van der Waals surface area contributed by atoms with Gasteiger partial charge >= 0.3 is 0 Å². The zero-order valence-corrected chi connectivity index (χ0v) is 10.5. The number of piperazine rings is 1. The molecule has 1 aromatic carbocycles. The van der Waals surface area contributed by atoms with Crippen molar-refractivity contribution in [2.75, 3.05) is 32.7 Å². The zero-order valence-electron chi connectivity index (χ0n) is 9.77.